The molecule has 0 amide bonds. The van der Waals surface area contributed by atoms with Crippen molar-refractivity contribution in [3.63, 3.8) is 0 Å². The zero-order valence-electron chi connectivity index (χ0n) is 9.66. The highest BCUT2D eigenvalue weighted by Crippen LogP contribution is 2.19. The van der Waals surface area contributed by atoms with Crippen LogP contribution in [0.5, 0.6) is 0 Å². The second-order valence-electron chi connectivity index (χ2n) is 3.88. The molecular weight excluding hydrogens is 242 g/mol. The van der Waals surface area contributed by atoms with Gasteiger partial charge in [-0.2, -0.15) is 0 Å². The summed E-state index contributed by atoms with van der Waals surface area (Å²) in [6.45, 7) is 0.808. The summed E-state index contributed by atoms with van der Waals surface area (Å²) >= 11 is 0. The largest absolute Gasteiger partial charge is 0.378 e. The van der Waals surface area contributed by atoms with E-state index >= 15 is 0 Å². The van der Waals surface area contributed by atoms with Crippen LogP contribution >= 0.6 is 0 Å². The molecular formula is C10H15N3O3S. The number of ether oxygens (including phenoxy) is 1. The number of methoxy groups -OCH3 is 1. The molecule has 2 heterocycles. The van der Waals surface area contributed by atoms with E-state index in [1.54, 1.807) is 19.4 Å². The van der Waals surface area contributed by atoms with Gasteiger partial charge in [0.1, 0.15) is 0 Å². The second kappa shape index (κ2) is 4.97. The summed E-state index contributed by atoms with van der Waals surface area (Å²) in [6.07, 6.45) is 3.11. The fourth-order valence-corrected chi connectivity index (χ4v) is 3.28. The zero-order valence-corrected chi connectivity index (χ0v) is 10.5. The number of nitrogens with zero attached hydrogens (tertiary/aromatic N) is 3. The van der Waals surface area contributed by atoms with Crippen molar-refractivity contribution in [1.82, 2.24) is 9.97 Å². The number of rotatable bonds is 3. The van der Waals surface area contributed by atoms with E-state index in [-0.39, 0.29) is 11.7 Å². The Morgan fingerprint density at radius 2 is 2.29 bits per heavy atom. The van der Waals surface area contributed by atoms with Crippen LogP contribution in [0.3, 0.4) is 0 Å². The lowest BCUT2D eigenvalue weighted by Gasteiger charge is -2.26. The summed E-state index contributed by atoms with van der Waals surface area (Å²) in [5.74, 6) is 0.421. The Labute approximate surface area is 101 Å². The highest BCUT2D eigenvalue weighted by molar-refractivity contribution is 7.92. The number of hydrogen-bond acceptors (Lipinski definition) is 5. The quantitative estimate of drug-likeness (QED) is 0.790. The first-order valence-corrected chi connectivity index (χ1v) is 7.06. The van der Waals surface area contributed by atoms with Crippen molar-refractivity contribution in [1.29, 1.82) is 0 Å². The molecule has 0 spiro atoms. The molecule has 0 atom stereocenters. The Morgan fingerprint density at radius 1 is 1.47 bits per heavy atom. The lowest BCUT2D eigenvalue weighted by atomic mass is 10.3. The average molecular weight is 257 g/mol. The average Bonchev–Trinajstić information content (AvgIpc) is 2.29. The van der Waals surface area contributed by atoms with Crippen LogP contribution in [-0.4, -0.2) is 37.8 Å². The van der Waals surface area contributed by atoms with Crippen molar-refractivity contribution in [3.05, 3.63) is 18.0 Å². The Hall–Kier alpha value is -1.21. The summed E-state index contributed by atoms with van der Waals surface area (Å²) in [5.41, 5.74) is 0.679. The molecule has 0 bridgehead atoms. The molecule has 0 unspecified atom stereocenters. The van der Waals surface area contributed by atoms with Crippen LogP contribution in [0.25, 0.3) is 0 Å². The van der Waals surface area contributed by atoms with Crippen LogP contribution in [0, 0.1) is 0 Å². The summed E-state index contributed by atoms with van der Waals surface area (Å²) < 4.78 is 30.0. The highest BCUT2D eigenvalue weighted by atomic mass is 32.2. The zero-order chi connectivity index (χ0) is 12.3. The van der Waals surface area contributed by atoms with Crippen LogP contribution in [-0.2, 0) is 21.4 Å². The third-order valence-electron chi connectivity index (χ3n) is 2.57. The van der Waals surface area contributed by atoms with Crippen LogP contribution < -0.4 is 4.31 Å². The van der Waals surface area contributed by atoms with Crippen LogP contribution in [0.2, 0.25) is 0 Å². The van der Waals surface area contributed by atoms with Gasteiger partial charge in [-0.1, -0.05) is 0 Å². The molecule has 0 N–H and O–H groups in total. The van der Waals surface area contributed by atoms with Gasteiger partial charge in [-0.05, 0) is 18.9 Å². The summed E-state index contributed by atoms with van der Waals surface area (Å²) in [4.78, 5) is 8.21. The van der Waals surface area contributed by atoms with Gasteiger partial charge in [0, 0.05) is 19.9 Å². The Balaban J connectivity index is 2.29. The van der Waals surface area contributed by atoms with Crippen LogP contribution in [0.1, 0.15) is 18.5 Å². The van der Waals surface area contributed by atoms with Crippen molar-refractivity contribution in [2.45, 2.75) is 19.4 Å². The van der Waals surface area contributed by atoms with Gasteiger partial charge in [0.15, 0.2) is 0 Å². The molecule has 0 aromatic carbocycles. The molecule has 0 aliphatic carbocycles. The Morgan fingerprint density at radius 3 is 3.00 bits per heavy atom. The van der Waals surface area contributed by atoms with Crippen molar-refractivity contribution in [3.8, 4) is 0 Å². The topological polar surface area (TPSA) is 72.4 Å². The maximum absolute atomic E-state index is 11.9. The minimum atomic E-state index is -3.24. The van der Waals surface area contributed by atoms with Crippen molar-refractivity contribution in [2.75, 3.05) is 23.7 Å². The molecule has 94 valence electrons. The fraction of sp³-hybridized carbons (Fsp3) is 0.600. The lowest BCUT2D eigenvalue weighted by Crippen LogP contribution is -2.39. The lowest BCUT2D eigenvalue weighted by molar-refractivity contribution is 0.181. The van der Waals surface area contributed by atoms with E-state index < -0.39 is 10.0 Å². The van der Waals surface area contributed by atoms with E-state index in [0.717, 1.165) is 6.42 Å². The van der Waals surface area contributed by atoms with Crippen LogP contribution in [0.4, 0.5) is 5.95 Å². The molecule has 1 fully saturated rings. The molecule has 1 aromatic heterocycles. The maximum Gasteiger partial charge on any atom is 0.239 e. The summed E-state index contributed by atoms with van der Waals surface area (Å²) in [5, 5.41) is 0. The molecule has 0 radical (unpaired) electrons. The van der Waals surface area contributed by atoms with Crippen molar-refractivity contribution < 1.29 is 13.2 Å². The number of sulfonamides is 1. The molecule has 7 heteroatoms. The molecule has 1 saturated heterocycles. The molecule has 17 heavy (non-hydrogen) atoms. The predicted octanol–water partition coefficient (Wildman–Crippen LogP) is 0.553. The molecule has 0 saturated carbocycles. The first kappa shape index (κ1) is 12.3. The molecule has 2 rings (SSSR count). The molecule has 6 nitrogen and oxygen atoms in total. The van der Waals surface area contributed by atoms with Gasteiger partial charge in [0.2, 0.25) is 16.0 Å². The monoisotopic (exact) mass is 257 g/mol. The van der Waals surface area contributed by atoms with Gasteiger partial charge >= 0.3 is 0 Å². The number of hydrogen-bond donors (Lipinski definition) is 0. The second-order valence-corrected chi connectivity index (χ2v) is 5.89. The number of anilines is 1. The van der Waals surface area contributed by atoms with Gasteiger partial charge < -0.3 is 4.74 Å². The molecule has 1 aliphatic rings. The van der Waals surface area contributed by atoms with Gasteiger partial charge in [-0.3, -0.25) is 0 Å². The highest BCUT2D eigenvalue weighted by Gasteiger charge is 2.27. The van der Waals surface area contributed by atoms with Gasteiger partial charge in [-0.25, -0.2) is 22.7 Å². The maximum atomic E-state index is 11.9. The minimum absolute atomic E-state index is 0.171. The SMILES string of the molecule is COCc1ccnc(N2CCCCS2(=O)=O)n1. The molecule has 1 aliphatic heterocycles. The fourth-order valence-electron chi connectivity index (χ4n) is 1.75. The summed E-state index contributed by atoms with van der Waals surface area (Å²) in [6, 6.07) is 1.71. The predicted molar refractivity (Wildman–Crippen MR) is 63.1 cm³/mol. The molecule has 1 aromatic rings. The third-order valence-corrected chi connectivity index (χ3v) is 4.39. The van der Waals surface area contributed by atoms with Crippen molar-refractivity contribution >= 4 is 16.0 Å². The minimum Gasteiger partial charge on any atom is -0.378 e. The Kier molecular flexibility index (Phi) is 3.58. The van der Waals surface area contributed by atoms with Gasteiger partial charge in [0.05, 0.1) is 18.1 Å². The van der Waals surface area contributed by atoms with Crippen LogP contribution in [0.15, 0.2) is 12.3 Å². The Bertz CT molecular complexity index is 489. The van der Waals surface area contributed by atoms with E-state index in [4.69, 9.17) is 4.74 Å². The van der Waals surface area contributed by atoms with Gasteiger partial charge in [0.25, 0.3) is 0 Å². The smallest absolute Gasteiger partial charge is 0.239 e. The van der Waals surface area contributed by atoms with E-state index in [2.05, 4.69) is 9.97 Å². The van der Waals surface area contributed by atoms with E-state index in [0.29, 0.717) is 25.3 Å². The summed E-state index contributed by atoms with van der Waals surface area (Å²) in [7, 11) is -1.67. The third kappa shape index (κ3) is 2.73. The standard InChI is InChI=1S/C10H15N3O3S/c1-16-8-9-4-5-11-10(12-9)13-6-2-3-7-17(13,14)15/h4-5H,2-3,6-8H2,1H3. The van der Waals surface area contributed by atoms with E-state index in [9.17, 15) is 8.42 Å². The first-order valence-electron chi connectivity index (χ1n) is 5.45. The van der Waals surface area contributed by atoms with Crippen molar-refractivity contribution in [2.24, 2.45) is 0 Å². The van der Waals surface area contributed by atoms with Gasteiger partial charge in [-0.15, -0.1) is 0 Å². The number of aromatic nitrogens is 2. The van der Waals surface area contributed by atoms with E-state index in [1.807, 2.05) is 0 Å². The normalized spacial score (nSPS) is 19.2. The first-order chi connectivity index (χ1) is 8.13. The van der Waals surface area contributed by atoms with E-state index in [1.165, 1.54) is 4.31 Å².